The van der Waals surface area contributed by atoms with Gasteiger partial charge in [0.2, 0.25) is 0 Å². The summed E-state index contributed by atoms with van der Waals surface area (Å²) in [6.07, 6.45) is 0. The summed E-state index contributed by atoms with van der Waals surface area (Å²) in [5.74, 6) is -0.513. The van der Waals surface area contributed by atoms with E-state index in [2.05, 4.69) is 22.2 Å². The summed E-state index contributed by atoms with van der Waals surface area (Å²) in [6.45, 7) is 4.09. The Morgan fingerprint density at radius 1 is 0.957 bits per heavy atom. The molecule has 1 N–H and O–H groups in total. The van der Waals surface area contributed by atoms with E-state index in [-0.39, 0.29) is 11.7 Å². The van der Waals surface area contributed by atoms with Gasteiger partial charge in [-0.1, -0.05) is 0 Å². The first-order valence-electron chi connectivity index (χ1n) is 7.72. The van der Waals surface area contributed by atoms with Crippen LogP contribution in [0.5, 0.6) is 0 Å². The largest absolute Gasteiger partial charge is 0.369 e. The molecule has 1 aliphatic heterocycles. The van der Waals surface area contributed by atoms with Gasteiger partial charge in [-0.15, -0.1) is 0 Å². The molecule has 1 heterocycles. The van der Waals surface area contributed by atoms with Gasteiger partial charge in [-0.05, 0) is 55.6 Å². The molecule has 2 aromatic rings. The van der Waals surface area contributed by atoms with E-state index >= 15 is 0 Å². The molecule has 0 bridgehead atoms. The average Bonchev–Trinajstić information content (AvgIpc) is 2.58. The molecule has 0 aromatic heterocycles. The molecule has 1 amide bonds. The molecule has 0 atom stereocenters. The molecule has 1 aliphatic rings. The molecule has 1 fully saturated rings. The minimum absolute atomic E-state index is 0.193. The zero-order valence-corrected chi connectivity index (χ0v) is 13.1. The predicted molar refractivity (Wildman–Crippen MR) is 90.5 cm³/mol. The monoisotopic (exact) mass is 313 g/mol. The lowest BCUT2D eigenvalue weighted by Crippen LogP contribution is -2.44. The molecular weight excluding hydrogens is 293 g/mol. The van der Waals surface area contributed by atoms with Gasteiger partial charge in [-0.2, -0.15) is 0 Å². The van der Waals surface area contributed by atoms with Crippen molar-refractivity contribution in [3.63, 3.8) is 0 Å². The SMILES string of the molecule is CN1CCN(c2ccc(C(=O)Nc3ccc(F)cc3)cc2)CC1. The first kappa shape index (κ1) is 15.5. The van der Waals surface area contributed by atoms with Gasteiger partial charge in [-0.25, -0.2) is 4.39 Å². The van der Waals surface area contributed by atoms with Gasteiger partial charge in [0.15, 0.2) is 0 Å². The van der Waals surface area contributed by atoms with E-state index in [1.807, 2.05) is 24.3 Å². The molecule has 4 nitrogen and oxygen atoms in total. The van der Waals surface area contributed by atoms with Crippen LogP contribution in [0.4, 0.5) is 15.8 Å². The Bertz CT molecular complexity index is 662. The smallest absolute Gasteiger partial charge is 0.255 e. The second-order valence-corrected chi connectivity index (χ2v) is 5.80. The average molecular weight is 313 g/mol. The Balaban J connectivity index is 1.64. The van der Waals surface area contributed by atoms with Crippen LogP contribution in [0.2, 0.25) is 0 Å². The van der Waals surface area contributed by atoms with Crippen LogP contribution in [0.1, 0.15) is 10.4 Å². The Labute approximate surface area is 135 Å². The fraction of sp³-hybridized carbons (Fsp3) is 0.278. The van der Waals surface area contributed by atoms with Gasteiger partial charge < -0.3 is 15.1 Å². The Morgan fingerprint density at radius 3 is 2.17 bits per heavy atom. The number of carbonyl (C=O) groups excluding carboxylic acids is 1. The van der Waals surface area contributed by atoms with Crippen LogP contribution in [-0.2, 0) is 0 Å². The van der Waals surface area contributed by atoms with E-state index in [1.54, 1.807) is 12.1 Å². The molecule has 5 heteroatoms. The van der Waals surface area contributed by atoms with Gasteiger partial charge in [0.1, 0.15) is 5.82 Å². The van der Waals surface area contributed by atoms with E-state index in [4.69, 9.17) is 0 Å². The number of halogens is 1. The summed E-state index contributed by atoms with van der Waals surface area (Å²) >= 11 is 0. The van der Waals surface area contributed by atoms with Crippen LogP contribution in [0, 0.1) is 5.82 Å². The number of carbonyl (C=O) groups is 1. The Hall–Kier alpha value is -2.40. The van der Waals surface area contributed by atoms with Crippen LogP contribution in [0.3, 0.4) is 0 Å². The zero-order chi connectivity index (χ0) is 16.2. The maximum atomic E-state index is 12.9. The summed E-state index contributed by atoms with van der Waals surface area (Å²) in [5.41, 5.74) is 2.31. The third-order valence-corrected chi connectivity index (χ3v) is 4.10. The lowest BCUT2D eigenvalue weighted by atomic mass is 10.1. The summed E-state index contributed by atoms with van der Waals surface area (Å²) in [6, 6.07) is 13.4. The highest BCUT2D eigenvalue weighted by Gasteiger charge is 2.14. The highest BCUT2D eigenvalue weighted by Crippen LogP contribution is 2.18. The van der Waals surface area contributed by atoms with Crippen molar-refractivity contribution in [1.29, 1.82) is 0 Å². The number of nitrogens with one attached hydrogen (secondary N) is 1. The predicted octanol–water partition coefficient (Wildman–Crippen LogP) is 2.83. The number of benzene rings is 2. The highest BCUT2D eigenvalue weighted by molar-refractivity contribution is 6.04. The Kier molecular flexibility index (Phi) is 4.57. The number of hydrogen-bond acceptors (Lipinski definition) is 3. The molecular formula is C18H20FN3O. The molecule has 120 valence electrons. The lowest BCUT2D eigenvalue weighted by Gasteiger charge is -2.34. The number of amides is 1. The first-order valence-corrected chi connectivity index (χ1v) is 7.72. The van der Waals surface area contributed by atoms with Crippen LogP contribution in [0.25, 0.3) is 0 Å². The van der Waals surface area contributed by atoms with E-state index in [1.165, 1.54) is 12.1 Å². The molecule has 2 aromatic carbocycles. The van der Waals surface area contributed by atoms with Gasteiger partial charge in [0, 0.05) is 43.1 Å². The summed E-state index contributed by atoms with van der Waals surface area (Å²) in [4.78, 5) is 16.8. The van der Waals surface area contributed by atoms with Gasteiger partial charge in [0.25, 0.3) is 5.91 Å². The fourth-order valence-corrected chi connectivity index (χ4v) is 2.62. The second-order valence-electron chi connectivity index (χ2n) is 5.80. The number of anilines is 2. The second kappa shape index (κ2) is 6.79. The zero-order valence-electron chi connectivity index (χ0n) is 13.1. The van der Waals surface area contributed by atoms with Crippen molar-refractivity contribution < 1.29 is 9.18 Å². The van der Waals surface area contributed by atoms with Crippen molar-refractivity contribution in [3.05, 3.63) is 59.9 Å². The number of likely N-dealkylation sites (N-methyl/N-ethyl adjacent to an activating group) is 1. The van der Waals surface area contributed by atoms with Crippen molar-refractivity contribution in [2.24, 2.45) is 0 Å². The molecule has 1 saturated heterocycles. The quantitative estimate of drug-likeness (QED) is 0.946. The van der Waals surface area contributed by atoms with E-state index in [0.717, 1.165) is 31.9 Å². The van der Waals surface area contributed by atoms with Crippen molar-refractivity contribution in [1.82, 2.24) is 4.90 Å². The molecule has 0 saturated carbocycles. The van der Waals surface area contributed by atoms with Crippen LogP contribution >= 0.6 is 0 Å². The normalized spacial score (nSPS) is 15.5. The standard InChI is InChI=1S/C18H20FN3O/c1-21-10-12-22(13-11-21)17-8-2-14(3-9-17)18(23)20-16-6-4-15(19)5-7-16/h2-9H,10-13H2,1H3,(H,20,23). The third kappa shape index (κ3) is 3.87. The van der Waals surface area contributed by atoms with Crippen LogP contribution in [0.15, 0.2) is 48.5 Å². The van der Waals surface area contributed by atoms with Crippen molar-refractivity contribution in [2.75, 3.05) is 43.4 Å². The molecule has 23 heavy (non-hydrogen) atoms. The van der Waals surface area contributed by atoms with Gasteiger partial charge in [-0.3, -0.25) is 4.79 Å². The minimum atomic E-state index is -0.320. The van der Waals surface area contributed by atoms with E-state index in [0.29, 0.717) is 11.3 Å². The number of piperazine rings is 1. The van der Waals surface area contributed by atoms with Crippen molar-refractivity contribution >= 4 is 17.3 Å². The number of hydrogen-bond donors (Lipinski definition) is 1. The molecule has 0 spiro atoms. The van der Waals surface area contributed by atoms with E-state index in [9.17, 15) is 9.18 Å². The van der Waals surface area contributed by atoms with Gasteiger partial charge >= 0.3 is 0 Å². The molecule has 0 aliphatic carbocycles. The van der Waals surface area contributed by atoms with Gasteiger partial charge in [0.05, 0.1) is 0 Å². The summed E-state index contributed by atoms with van der Waals surface area (Å²) in [7, 11) is 2.13. The summed E-state index contributed by atoms with van der Waals surface area (Å²) < 4.78 is 12.9. The number of nitrogens with zero attached hydrogens (tertiary/aromatic N) is 2. The topological polar surface area (TPSA) is 35.6 Å². The van der Waals surface area contributed by atoms with Crippen molar-refractivity contribution in [3.8, 4) is 0 Å². The maximum absolute atomic E-state index is 12.9. The third-order valence-electron chi connectivity index (χ3n) is 4.10. The number of rotatable bonds is 3. The maximum Gasteiger partial charge on any atom is 0.255 e. The lowest BCUT2D eigenvalue weighted by molar-refractivity contribution is 0.102. The summed E-state index contributed by atoms with van der Waals surface area (Å²) in [5, 5.41) is 2.76. The van der Waals surface area contributed by atoms with Crippen LogP contribution in [-0.4, -0.2) is 44.0 Å². The van der Waals surface area contributed by atoms with E-state index < -0.39 is 0 Å². The minimum Gasteiger partial charge on any atom is -0.369 e. The molecule has 0 radical (unpaired) electrons. The fourth-order valence-electron chi connectivity index (χ4n) is 2.62. The highest BCUT2D eigenvalue weighted by atomic mass is 19.1. The molecule has 0 unspecified atom stereocenters. The van der Waals surface area contributed by atoms with Crippen molar-refractivity contribution in [2.45, 2.75) is 0 Å². The first-order chi connectivity index (χ1) is 11.1. The Morgan fingerprint density at radius 2 is 1.57 bits per heavy atom. The molecule has 3 rings (SSSR count). The van der Waals surface area contributed by atoms with Crippen LogP contribution < -0.4 is 10.2 Å².